The number of carbonyl (C=O) groups excluding carboxylic acids is 3. The third kappa shape index (κ3) is 5.50. The van der Waals surface area contributed by atoms with Gasteiger partial charge in [0.15, 0.2) is 6.10 Å². The number of carbonyl (C=O) groups is 3. The average Bonchev–Trinajstić information content (AvgIpc) is 2.69. The summed E-state index contributed by atoms with van der Waals surface area (Å²) in [7, 11) is -3.31. The summed E-state index contributed by atoms with van der Waals surface area (Å²) in [4.78, 5) is 34.4. The van der Waals surface area contributed by atoms with Crippen LogP contribution in [-0.4, -0.2) is 39.5 Å². The highest BCUT2D eigenvalue weighted by Crippen LogP contribution is 2.23. The number of hydrogen-bond acceptors (Lipinski definition) is 6. The van der Waals surface area contributed by atoms with Crippen LogP contribution in [0.25, 0.3) is 0 Å². The standard InChI is InChI=1S/C18H17F2N3O6S/c1-10(16(24)22-18(26)21-2)29-17(25)12-5-3-4-6-14(12)23-30(27,28)15-9-11(19)7-8-13(15)20/h3-10,23H,1-2H3,(H2,21,22,24,26). The van der Waals surface area contributed by atoms with E-state index in [-0.39, 0.29) is 11.3 Å². The van der Waals surface area contributed by atoms with Gasteiger partial charge >= 0.3 is 12.0 Å². The molecule has 1 unspecified atom stereocenters. The third-order valence-electron chi connectivity index (χ3n) is 3.69. The lowest BCUT2D eigenvalue weighted by molar-refractivity contribution is -0.127. The van der Waals surface area contributed by atoms with Crippen molar-refractivity contribution >= 4 is 33.6 Å². The van der Waals surface area contributed by atoms with Gasteiger partial charge in [0, 0.05) is 7.05 Å². The minimum Gasteiger partial charge on any atom is -0.449 e. The van der Waals surface area contributed by atoms with E-state index < -0.39 is 50.6 Å². The summed E-state index contributed by atoms with van der Waals surface area (Å²) in [6, 6.07) is 6.26. The quantitative estimate of drug-likeness (QED) is 0.586. The van der Waals surface area contributed by atoms with Gasteiger partial charge in [0.25, 0.3) is 15.9 Å². The lowest BCUT2D eigenvalue weighted by Crippen LogP contribution is -2.43. The first kappa shape index (κ1) is 22.7. The Balaban J connectivity index is 2.25. The van der Waals surface area contributed by atoms with Crippen molar-refractivity contribution in [3.63, 3.8) is 0 Å². The summed E-state index contributed by atoms with van der Waals surface area (Å²) in [6.07, 6.45) is -1.39. The number of halogens is 2. The van der Waals surface area contributed by atoms with Crippen LogP contribution in [0.3, 0.4) is 0 Å². The van der Waals surface area contributed by atoms with Crippen molar-refractivity contribution in [2.45, 2.75) is 17.9 Å². The highest BCUT2D eigenvalue weighted by molar-refractivity contribution is 7.92. The minimum absolute atomic E-state index is 0.287. The second kappa shape index (κ2) is 9.31. The number of urea groups is 1. The second-order valence-corrected chi connectivity index (χ2v) is 7.49. The zero-order valence-corrected chi connectivity index (χ0v) is 16.5. The molecule has 0 aliphatic rings. The van der Waals surface area contributed by atoms with Crippen LogP contribution in [0, 0.1) is 11.6 Å². The Hall–Kier alpha value is -3.54. The zero-order chi connectivity index (χ0) is 22.5. The Morgan fingerprint density at radius 3 is 2.40 bits per heavy atom. The number of esters is 1. The van der Waals surface area contributed by atoms with E-state index in [2.05, 4.69) is 5.32 Å². The van der Waals surface area contributed by atoms with Gasteiger partial charge in [-0.05, 0) is 37.3 Å². The van der Waals surface area contributed by atoms with E-state index in [1.807, 2.05) is 10.0 Å². The molecule has 0 aliphatic carbocycles. The van der Waals surface area contributed by atoms with Gasteiger partial charge in [0.1, 0.15) is 16.5 Å². The lowest BCUT2D eigenvalue weighted by Gasteiger charge is -2.15. The Bertz CT molecular complexity index is 1090. The van der Waals surface area contributed by atoms with Crippen LogP contribution in [-0.2, 0) is 19.6 Å². The molecule has 3 N–H and O–H groups in total. The SMILES string of the molecule is CNC(=O)NC(=O)C(C)OC(=O)c1ccccc1NS(=O)(=O)c1cc(F)ccc1F. The molecule has 0 fully saturated rings. The number of benzene rings is 2. The molecule has 0 spiro atoms. The summed E-state index contributed by atoms with van der Waals surface area (Å²) in [6.45, 7) is 1.20. The molecule has 160 valence electrons. The van der Waals surface area contributed by atoms with Crippen molar-refractivity contribution in [2.75, 3.05) is 11.8 Å². The summed E-state index contributed by atoms with van der Waals surface area (Å²) in [5.41, 5.74) is -0.581. The number of nitrogens with one attached hydrogen (secondary N) is 3. The lowest BCUT2D eigenvalue weighted by atomic mass is 10.2. The number of para-hydroxylation sites is 1. The number of ether oxygens (including phenoxy) is 1. The van der Waals surface area contributed by atoms with Gasteiger partial charge in [0.05, 0.1) is 11.3 Å². The smallest absolute Gasteiger partial charge is 0.341 e. The molecule has 0 bridgehead atoms. The van der Waals surface area contributed by atoms with Crippen LogP contribution in [0.4, 0.5) is 19.3 Å². The summed E-state index contributed by atoms with van der Waals surface area (Å²) in [5.74, 6) is -4.17. The highest BCUT2D eigenvalue weighted by atomic mass is 32.2. The molecule has 1 atom stereocenters. The molecule has 0 saturated carbocycles. The third-order valence-corrected chi connectivity index (χ3v) is 5.07. The number of imide groups is 1. The fraction of sp³-hybridized carbons (Fsp3) is 0.167. The van der Waals surface area contributed by atoms with Crippen molar-refractivity contribution in [1.29, 1.82) is 0 Å². The molecule has 0 radical (unpaired) electrons. The molecule has 12 heteroatoms. The van der Waals surface area contributed by atoms with Crippen LogP contribution in [0.5, 0.6) is 0 Å². The molecule has 2 aromatic carbocycles. The van der Waals surface area contributed by atoms with E-state index >= 15 is 0 Å². The minimum atomic E-state index is -4.59. The van der Waals surface area contributed by atoms with Gasteiger partial charge in [-0.25, -0.2) is 26.8 Å². The molecule has 9 nitrogen and oxygen atoms in total. The number of rotatable bonds is 6. The van der Waals surface area contributed by atoms with Crippen LogP contribution >= 0.6 is 0 Å². The summed E-state index contributed by atoms with van der Waals surface area (Å²) in [5, 5.41) is 4.07. The van der Waals surface area contributed by atoms with Crippen molar-refractivity contribution < 1.29 is 36.3 Å². The van der Waals surface area contributed by atoms with E-state index in [0.29, 0.717) is 12.1 Å². The Labute approximate surface area is 170 Å². The van der Waals surface area contributed by atoms with Crippen LogP contribution in [0.15, 0.2) is 47.4 Å². The molecule has 0 saturated heterocycles. The maximum Gasteiger partial charge on any atom is 0.341 e. The fourth-order valence-electron chi connectivity index (χ4n) is 2.19. The second-order valence-electron chi connectivity index (χ2n) is 5.84. The average molecular weight is 441 g/mol. The molecule has 2 aromatic rings. The maximum atomic E-state index is 13.9. The van der Waals surface area contributed by atoms with Gasteiger partial charge in [-0.1, -0.05) is 12.1 Å². The number of amides is 3. The van der Waals surface area contributed by atoms with E-state index in [1.54, 1.807) is 0 Å². The summed E-state index contributed by atoms with van der Waals surface area (Å²) >= 11 is 0. The number of hydrogen-bond donors (Lipinski definition) is 3. The molecular weight excluding hydrogens is 424 g/mol. The molecular formula is C18H17F2N3O6S. The number of sulfonamides is 1. The molecule has 2 rings (SSSR count). The first-order chi connectivity index (χ1) is 14.0. The van der Waals surface area contributed by atoms with Crippen molar-refractivity contribution in [2.24, 2.45) is 0 Å². The molecule has 0 aromatic heterocycles. The molecule has 0 aliphatic heterocycles. The predicted octanol–water partition coefficient (Wildman–Crippen LogP) is 1.77. The Morgan fingerprint density at radius 2 is 1.73 bits per heavy atom. The van der Waals surface area contributed by atoms with Crippen LogP contribution < -0.4 is 15.4 Å². The molecule has 0 heterocycles. The van der Waals surface area contributed by atoms with Gasteiger partial charge in [0.2, 0.25) is 0 Å². The van der Waals surface area contributed by atoms with Gasteiger partial charge in [-0.2, -0.15) is 0 Å². The topological polar surface area (TPSA) is 131 Å². The normalized spacial score (nSPS) is 11.9. The van der Waals surface area contributed by atoms with Crippen molar-refractivity contribution in [3.8, 4) is 0 Å². The van der Waals surface area contributed by atoms with Crippen molar-refractivity contribution in [1.82, 2.24) is 10.6 Å². The van der Waals surface area contributed by atoms with Crippen molar-refractivity contribution in [3.05, 3.63) is 59.7 Å². The van der Waals surface area contributed by atoms with E-state index in [0.717, 1.165) is 6.07 Å². The summed E-state index contributed by atoms with van der Waals surface area (Å²) < 4.78 is 59.1. The predicted molar refractivity (Wildman–Crippen MR) is 101 cm³/mol. The largest absolute Gasteiger partial charge is 0.449 e. The first-order valence-electron chi connectivity index (χ1n) is 8.35. The van der Waals surface area contributed by atoms with E-state index in [9.17, 15) is 31.6 Å². The highest BCUT2D eigenvalue weighted by Gasteiger charge is 2.25. The first-order valence-corrected chi connectivity index (χ1v) is 9.84. The van der Waals surface area contributed by atoms with Crippen LogP contribution in [0.1, 0.15) is 17.3 Å². The monoisotopic (exact) mass is 441 g/mol. The van der Waals surface area contributed by atoms with Gasteiger partial charge in [-0.3, -0.25) is 14.8 Å². The van der Waals surface area contributed by atoms with E-state index in [4.69, 9.17) is 4.74 Å². The zero-order valence-electron chi connectivity index (χ0n) is 15.7. The Kier molecular flexibility index (Phi) is 7.06. The Morgan fingerprint density at radius 1 is 1.07 bits per heavy atom. The molecule has 30 heavy (non-hydrogen) atoms. The van der Waals surface area contributed by atoms with Crippen LogP contribution in [0.2, 0.25) is 0 Å². The van der Waals surface area contributed by atoms with E-state index in [1.165, 1.54) is 38.2 Å². The van der Waals surface area contributed by atoms with Gasteiger partial charge in [-0.15, -0.1) is 0 Å². The maximum absolute atomic E-state index is 13.9. The number of anilines is 1. The fourth-order valence-corrected chi connectivity index (χ4v) is 3.36. The van der Waals surface area contributed by atoms with Gasteiger partial charge < -0.3 is 10.1 Å². The molecule has 3 amide bonds.